The van der Waals surface area contributed by atoms with Crippen LogP contribution in [0.5, 0.6) is 0 Å². The molecule has 2 nitrogen and oxygen atoms in total. The first kappa shape index (κ1) is 25.9. The fraction of sp³-hybridized carbons (Fsp3) is 0.133. The summed E-state index contributed by atoms with van der Waals surface area (Å²) in [6.45, 7) is 0. The molecular weight excluding hydrogens is 612 g/mol. The van der Waals surface area contributed by atoms with Crippen molar-refractivity contribution in [3.63, 3.8) is 0 Å². The highest BCUT2D eigenvalue weighted by Gasteiger charge is 1.98. The zero-order chi connectivity index (χ0) is 17.9. The van der Waals surface area contributed by atoms with Crippen molar-refractivity contribution < 1.29 is 10.3 Å². The third-order valence-corrected chi connectivity index (χ3v) is 10.2. The second-order valence-electron chi connectivity index (χ2n) is 3.87. The van der Waals surface area contributed by atoms with Gasteiger partial charge in [0.05, 0.1) is 0 Å². The minimum Gasteiger partial charge on any atom is -0.457 e. The largest absolute Gasteiger partial charge is 0.457 e. The van der Waals surface area contributed by atoms with E-state index in [0.717, 1.165) is 25.7 Å². The fourth-order valence-electron chi connectivity index (χ4n) is 1.23. The van der Waals surface area contributed by atoms with Crippen LogP contribution in [0.25, 0.3) is 0 Å². The highest BCUT2D eigenvalue weighted by molar-refractivity contribution is 9.13. The van der Waals surface area contributed by atoms with Crippen LogP contribution in [-0.2, 0) is 5.48 Å². The molecule has 138 valence electrons. The quantitative estimate of drug-likeness (QED) is 0.169. The molecule has 0 aliphatic rings. The van der Waals surface area contributed by atoms with E-state index in [1.165, 1.54) is 9.37 Å². The highest BCUT2D eigenvalue weighted by atomic mass is 79.9. The highest BCUT2D eigenvalue weighted by Crippen LogP contribution is 2.28. The molecule has 0 saturated carbocycles. The number of thiophene rings is 3. The summed E-state index contributed by atoms with van der Waals surface area (Å²) < 4.78 is 3.49. The molecule has 3 heterocycles. The molecule has 3 N–H and O–H groups in total. The van der Waals surface area contributed by atoms with Crippen LogP contribution in [0.3, 0.4) is 0 Å². The number of thioether (sulfide) groups is 2. The van der Waals surface area contributed by atoms with Crippen LogP contribution >= 0.6 is 105 Å². The van der Waals surface area contributed by atoms with E-state index >= 15 is 0 Å². The predicted octanol–water partition coefficient (Wildman–Crippen LogP) is 7.87. The Balaban J connectivity index is 0.000000341. The van der Waals surface area contributed by atoms with Gasteiger partial charge in [-0.1, -0.05) is 0 Å². The van der Waals surface area contributed by atoms with E-state index in [1.54, 1.807) is 57.5 Å². The standard InChI is InChI=1S/C6H6OS2.C5H5BrS2.C4H2Br2S.H2O/c1-8-6-4-9-3-5(6)2-7;1-7-5-3-8-2-4(5)6;5-3-1-7-2-4(3)6;/h2-4H,1H3;2-3H,1H3;1-2H;1H2/p+1. The van der Waals surface area contributed by atoms with Crippen molar-refractivity contribution >= 4 is 112 Å². The zero-order valence-electron chi connectivity index (χ0n) is 13.2. The monoisotopic (exact) mass is 625 g/mol. The van der Waals surface area contributed by atoms with Crippen molar-refractivity contribution in [3.05, 3.63) is 51.3 Å². The molecule has 0 radical (unpaired) electrons. The Morgan fingerprint density at radius 3 is 1.48 bits per heavy atom. The van der Waals surface area contributed by atoms with Crippen LogP contribution in [0, 0.1) is 0 Å². The smallest absolute Gasteiger partial charge is 0.152 e. The molecule has 0 amide bonds. The summed E-state index contributed by atoms with van der Waals surface area (Å²) in [7, 11) is 0. The van der Waals surface area contributed by atoms with E-state index in [9.17, 15) is 4.79 Å². The van der Waals surface area contributed by atoms with Gasteiger partial charge < -0.3 is 5.48 Å². The van der Waals surface area contributed by atoms with Crippen molar-refractivity contribution in [2.45, 2.75) is 9.79 Å². The van der Waals surface area contributed by atoms with Crippen molar-refractivity contribution in [3.8, 4) is 0 Å². The lowest BCUT2D eigenvalue weighted by Crippen LogP contribution is -1.73. The lowest BCUT2D eigenvalue weighted by molar-refractivity contribution is 0.112. The Labute approximate surface area is 193 Å². The number of aldehydes is 1. The number of halogens is 3. The average Bonchev–Trinajstić information content (AvgIpc) is 3.30. The first-order valence-corrected chi connectivity index (χ1v) is 13.9. The first-order valence-electron chi connectivity index (χ1n) is 6.21. The van der Waals surface area contributed by atoms with Crippen molar-refractivity contribution in [2.75, 3.05) is 12.5 Å². The summed E-state index contributed by atoms with van der Waals surface area (Å²) in [4.78, 5) is 12.6. The van der Waals surface area contributed by atoms with Gasteiger partial charge in [-0.3, -0.25) is 4.79 Å². The third-order valence-electron chi connectivity index (χ3n) is 2.37. The predicted molar refractivity (Wildman–Crippen MR) is 130 cm³/mol. The summed E-state index contributed by atoms with van der Waals surface area (Å²) in [6.07, 6.45) is 4.93. The molecule has 3 aromatic heterocycles. The average molecular weight is 628 g/mol. The molecular formula is C15H16Br3O2S5+. The van der Waals surface area contributed by atoms with Crippen molar-refractivity contribution in [1.82, 2.24) is 0 Å². The van der Waals surface area contributed by atoms with Gasteiger partial charge in [0.2, 0.25) is 0 Å². The van der Waals surface area contributed by atoms with E-state index in [4.69, 9.17) is 0 Å². The van der Waals surface area contributed by atoms with E-state index in [1.807, 2.05) is 27.8 Å². The molecule has 0 spiro atoms. The van der Waals surface area contributed by atoms with Gasteiger partial charge in [-0.2, -0.15) is 34.0 Å². The van der Waals surface area contributed by atoms with Crippen LogP contribution in [0.4, 0.5) is 0 Å². The molecule has 0 aromatic carbocycles. The first-order chi connectivity index (χ1) is 11.5. The maximum Gasteiger partial charge on any atom is 0.152 e. The molecule has 0 atom stereocenters. The molecule has 25 heavy (non-hydrogen) atoms. The molecule has 0 unspecified atom stereocenters. The van der Waals surface area contributed by atoms with Gasteiger partial charge in [-0.15, -0.1) is 23.5 Å². The zero-order valence-corrected chi connectivity index (χ0v) is 22.0. The van der Waals surface area contributed by atoms with Gasteiger partial charge in [-0.05, 0) is 60.3 Å². The van der Waals surface area contributed by atoms with Gasteiger partial charge in [0.1, 0.15) is 0 Å². The minimum absolute atomic E-state index is 0. The molecule has 0 aliphatic carbocycles. The van der Waals surface area contributed by atoms with Crippen LogP contribution in [-0.4, -0.2) is 18.8 Å². The molecule has 0 aliphatic heterocycles. The van der Waals surface area contributed by atoms with E-state index in [-0.39, 0.29) is 5.48 Å². The number of hydrogen-bond acceptors (Lipinski definition) is 6. The maximum atomic E-state index is 10.2. The van der Waals surface area contributed by atoms with Crippen LogP contribution in [0.15, 0.2) is 55.5 Å². The second kappa shape index (κ2) is 14.9. The lowest BCUT2D eigenvalue weighted by atomic mass is 10.4. The molecule has 0 bridgehead atoms. The molecule has 3 rings (SSSR count). The van der Waals surface area contributed by atoms with Crippen molar-refractivity contribution in [1.29, 1.82) is 0 Å². The Morgan fingerprint density at radius 1 is 0.760 bits per heavy atom. The van der Waals surface area contributed by atoms with E-state index < -0.39 is 0 Å². The van der Waals surface area contributed by atoms with Crippen molar-refractivity contribution in [2.24, 2.45) is 0 Å². The van der Waals surface area contributed by atoms with Gasteiger partial charge in [0, 0.05) is 61.1 Å². The SMILES string of the molecule is Brc1cscc1Br.CSc1cscc1Br.CSc1cscc1C=O.[OH3+]. The number of rotatable bonds is 3. The summed E-state index contributed by atoms with van der Waals surface area (Å²) >= 11 is 18.4. The van der Waals surface area contributed by atoms with Gasteiger partial charge in [0.25, 0.3) is 0 Å². The number of hydrogen-bond donors (Lipinski definition) is 0. The second-order valence-corrected chi connectivity index (χ2v) is 10.4. The Kier molecular flexibility index (Phi) is 15.4. The maximum absolute atomic E-state index is 10.2. The summed E-state index contributed by atoms with van der Waals surface area (Å²) in [5.74, 6) is 0. The number of carbonyl (C=O) groups is 1. The molecule has 0 saturated heterocycles. The Bertz CT molecular complexity index is 722. The molecule has 10 heteroatoms. The summed E-state index contributed by atoms with van der Waals surface area (Å²) in [5.41, 5.74) is 0.813. The molecule has 3 aromatic rings. The molecule has 0 fully saturated rings. The van der Waals surface area contributed by atoms with Crippen LogP contribution in [0.2, 0.25) is 0 Å². The van der Waals surface area contributed by atoms with E-state index in [2.05, 4.69) is 64.8 Å². The van der Waals surface area contributed by atoms with Crippen LogP contribution in [0.1, 0.15) is 10.4 Å². The minimum atomic E-state index is 0. The summed E-state index contributed by atoms with van der Waals surface area (Å²) in [5, 5.41) is 12.1. The van der Waals surface area contributed by atoms with E-state index in [0.29, 0.717) is 0 Å². The third kappa shape index (κ3) is 9.57. The normalized spacial score (nSPS) is 9.16. The Hall–Kier alpha value is 0.870. The van der Waals surface area contributed by atoms with Gasteiger partial charge >= 0.3 is 0 Å². The fourth-order valence-corrected chi connectivity index (χ4v) is 7.12. The van der Waals surface area contributed by atoms with Gasteiger partial charge in [-0.25, -0.2) is 0 Å². The Morgan fingerprint density at radius 2 is 1.20 bits per heavy atom. The topological polar surface area (TPSA) is 50.1 Å². The summed E-state index contributed by atoms with van der Waals surface area (Å²) in [6, 6.07) is 0. The number of carbonyl (C=O) groups excluding carboxylic acids is 1. The van der Waals surface area contributed by atoms with Gasteiger partial charge in [0.15, 0.2) is 6.29 Å². The lowest BCUT2D eigenvalue weighted by Gasteiger charge is -1.86. The van der Waals surface area contributed by atoms with Crippen LogP contribution < -0.4 is 0 Å².